The third-order valence-electron chi connectivity index (χ3n) is 4.91. The molecule has 2 aromatic rings. The first-order chi connectivity index (χ1) is 14.7. The molecule has 1 aliphatic heterocycles. The number of hydrogen-bond acceptors (Lipinski definition) is 6. The van der Waals surface area contributed by atoms with Crippen LogP contribution in [0.25, 0.3) is 0 Å². The molecule has 0 bridgehead atoms. The molecule has 0 spiro atoms. The number of anilines is 1. The molecule has 0 aliphatic carbocycles. The van der Waals surface area contributed by atoms with Crippen LogP contribution in [0.5, 0.6) is 5.75 Å². The van der Waals surface area contributed by atoms with Gasteiger partial charge >= 0.3 is 5.97 Å². The van der Waals surface area contributed by atoms with E-state index in [4.69, 9.17) is 9.47 Å². The van der Waals surface area contributed by atoms with Gasteiger partial charge in [-0.15, -0.1) is 0 Å². The summed E-state index contributed by atoms with van der Waals surface area (Å²) in [7, 11) is -3.96. The normalized spacial score (nSPS) is 19.1. The Morgan fingerprint density at radius 1 is 1.10 bits per heavy atom. The number of carbonyl (C=O) groups excluding carboxylic acids is 2. The van der Waals surface area contributed by atoms with Gasteiger partial charge in [0.1, 0.15) is 17.9 Å². The van der Waals surface area contributed by atoms with Crippen molar-refractivity contribution in [2.24, 2.45) is 0 Å². The highest BCUT2D eigenvalue weighted by Crippen LogP contribution is 2.29. The fourth-order valence-corrected chi connectivity index (χ4v) is 5.10. The molecular weight excluding hydrogens is 420 g/mol. The van der Waals surface area contributed by atoms with E-state index in [1.54, 1.807) is 36.4 Å². The van der Waals surface area contributed by atoms with Crippen molar-refractivity contribution in [2.75, 3.05) is 18.5 Å². The second-order valence-corrected chi connectivity index (χ2v) is 9.21. The summed E-state index contributed by atoms with van der Waals surface area (Å²) in [4.78, 5) is 24.5. The van der Waals surface area contributed by atoms with Crippen LogP contribution in [0.4, 0.5) is 5.69 Å². The van der Waals surface area contributed by atoms with Crippen molar-refractivity contribution in [1.29, 1.82) is 0 Å². The minimum atomic E-state index is -3.96. The van der Waals surface area contributed by atoms with Crippen LogP contribution < -0.4 is 10.1 Å². The second-order valence-electron chi connectivity index (χ2n) is 7.32. The number of nitrogens with zero attached hydrogens (tertiary/aromatic N) is 1. The maximum absolute atomic E-state index is 13.2. The van der Waals surface area contributed by atoms with Crippen molar-refractivity contribution in [1.82, 2.24) is 4.31 Å². The molecule has 0 radical (unpaired) electrons. The van der Waals surface area contributed by atoms with Crippen molar-refractivity contribution in [2.45, 2.75) is 44.2 Å². The molecule has 166 valence electrons. The van der Waals surface area contributed by atoms with Gasteiger partial charge < -0.3 is 14.8 Å². The lowest BCUT2D eigenvalue weighted by Crippen LogP contribution is -2.43. The predicted octanol–water partition coefficient (Wildman–Crippen LogP) is 2.73. The topological polar surface area (TPSA) is 102 Å². The van der Waals surface area contributed by atoms with E-state index >= 15 is 0 Å². The maximum Gasteiger partial charge on any atom is 0.302 e. The number of esters is 1. The van der Waals surface area contributed by atoms with E-state index in [0.29, 0.717) is 18.0 Å². The van der Waals surface area contributed by atoms with Crippen molar-refractivity contribution in [3.63, 3.8) is 0 Å². The van der Waals surface area contributed by atoms with Gasteiger partial charge in [-0.3, -0.25) is 9.59 Å². The summed E-state index contributed by atoms with van der Waals surface area (Å²) in [6, 6.07) is 12.2. The summed E-state index contributed by atoms with van der Waals surface area (Å²) in [6.45, 7) is 5.43. The molecular formula is C22H26N2O6S. The maximum atomic E-state index is 13.2. The minimum absolute atomic E-state index is 0.0769. The average molecular weight is 447 g/mol. The highest BCUT2D eigenvalue weighted by molar-refractivity contribution is 7.89. The molecule has 31 heavy (non-hydrogen) atoms. The average Bonchev–Trinajstić information content (AvgIpc) is 3.14. The molecule has 1 fully saturated rings. The number of ether oxygens (including phenoxy) is 2. The Kier molecular flexibility index (Phi) is 6.97. The molecule has 8 nitrogen and oxygen atoms in total. The Morgan fingerprint density at radius 2 is 1.74 bits per heavy atom. The molecule has 0 saturated carbocycles. The summed E-state index contributed by atoms with van der Waals surface area (Å²) in [5.41, 5.74) is 1.43. The van der Waals surface area contributed by atoms with Gasteiger partial charge in [-0.1, -0.05) is 17.7 Å². The standard InChI is InChI=1S/C22H26N2O6S/c1-4-29-18-9-7-17(8-10-18)23-22(26)21-13-19(30-16(3)25)14-24(21)31(27,28)20-11-5-15(2)6-12-20/h5-12,19,21H,4,13-14H2,1-3H3,(H,23,26)/t19-,21-/m1/s1. The van der Waals surface area contributed by atoms with Crippen LogP contribution in [0.3, 0.4) is 0 Å². The van der Waals surface area contributed by atoms with Crippen LogP contribution in [0.2, 0.25) is 0 Å². The predicted molar refractivity (Wildman–Crippen MR) is 115 cm³/mol. The van der Waals surface area contributed by atoms with E-state index in [0.717, 1.165) is 9.87 Å². The zero-order chi connectivity index (χ0) is 22.6. The van der Waals surface area contributed by atoms with E-state index < -0.39 is 34.0 Å². The van der Waals surface area contributed by atoms with E-state index in [1.807, 2.05) is 13.8 Å². The Bertz CT molecular complexity index is 1030. The quantitative estimate of drug-likeness (QED) is 0.656. The van der Waals surface area contributed by atoms with Gasteiger partial charge in [0.2, 0.25) is 15.9 Å². The van der Waals surface area contributed by atoms with Crippen LogP contribution in [0.1, 0.15) is 25.8 Å². The molecule has 3 rings (SSSR count). The van der Waals surface area contributed by atoms with Gasteiger partial charge in [0.15, 0.2) is 0 Å². The lowest BCUT2D eigenvalue weighted by molar-refractivity contribution is -0.145. The SMILES string of the molecule is CCOc1ccc(NC(=O)[C@H]2C[C@@H](OC(C)=O)CN2S(=O)(=O)c2ccc(C)cc2)cc1. The highest BCUT2D eigenvalue weighted by atomic mass is 32.2. The van der Waals surface area contributed by atoms with E-state index in [9.17, 15) is 18.0 Å². The first-order valence-electron chi connectivity index (χ1n) is 10.00. The fraction of sp³-hybridized carbons (Fsp3) is 0.364. The molecule has 9 heteroatoms. The lowest BCUT2D eigenvalue weighted by atomic mass is 10.2. The van der Waals surface area contributed by atoms with E-state index in [2.05, 4.69) is 5.32 Å². The number of aryl methyl sites for hydroxylation is 1. The van der Waals surface area contributed by atoms with Crippen molar-refractivity contribution < 1.29 is 27.5 Å². The Hall–Kier alpha value is -2.91. The van der Waals surface area contributed by atoms with Crippen molar-refractivity contribution in [3.8, 4) is 5.75 Å². The molecule has 0 unspecified atom stereocenters. The highest BCUT2D eigenvalue weighted by Gasteiger charge is 2.45. The van der Waals surface area contributed by atoms with Crippen LogP contribution in [0, 0.1) is 6.92 Å². The minimum Gasteiger partial charge on any atom is -0.494 e. The third kappa shape index (κ3) is 5.42. The van der Waals surface area contributed by atoms with Crippen molar-refractivity contribution in [3.05, 3.63) is 54.1 Å². The molecule has 1 saturated heterocycles. The monoisotopic (exact) mass is 446 g/mol. The molecule has 1 heterocycles. The third-order valence-corrected chi connectivity index (χ3v) is 6.80. The zero-order valence-corrected chi connectivity index (χ0v) is 18.5. The summed E-state index contributed by atoms with van der Waals surface area (Å²) in [5.74, 6) is -0.348. The van der Waals surface area contributed by atoms with Gasteiger partial charge in [0, 0.05) is 19.0 Å². The van der Waals surface area contributed by atoms with E-state index in [1.165, 1.54) is 19.1 Å². The van der Waals surface area contributed by atoms with E-state index in [-0.39, 0.29) is 17.9 Å². The number of benzene rings is 2. The van der Waals surface area contributed by atoms with Gasteiger partial charge in [-0.25, -0.2) is 8.42 Å². The van der Waals surface area contributed by atoms with Crippen molar-refractivity contribution >= 4 is 27.6 Å². The van der Waals surface area contributed by atoms with Gasteiger partial charge in [0.25, 0.3) is 0 Å². The molecule has 1 amide bonds. The first kappa shape index (κ1) is 22.8. The van der Waals surface area contributed by atoms with Gasteiger partial charge in [0.05, 0.1) is 18.0 Å². The number of amides is 1. The van der Waals surface area contributed by atoms with Crippen LogP contribution in [-0.4, -0.2) is 49.9 Å². The van der Waals surface area contributed by atoms with Crippen LogP contribution in [0.15, 0.2) is 53.4 Å². The Labute approximate surface area is 182 Å². The smallest absolute Gasteiger partial charge is 0.302 e. The number of sulfonamides is 1. The summed E-state index contributed by atoms with van der Waals surface area (Å²) in [6.07, 6.45) is -0.623. The van der Waals surface area contributed by atoms with Gasteiger partial charge in [-0.05, 0) is 50.2 Å². The first-order valence-corrected chi connectivity index (χ1v) is 11.4. The summed E-state index contributed by atoms with van der Waals surface area (Å²) >= 11 is 0. The van der Waals surface area contributed by atoms with Crippen LogP contribution >= 0.6 is 0 Å². The molecule has 1 N–H and O–H groups in total. The molecule has 1 aliphatic rings. The Morgan fingerprint density at radius 3 is 2.32 bits per heavy atom. The number of nitrogens with one attached hydrogen (secondary N) is 1. The second kappa shape index (κ2) is 9.49. The lowest BCUT2D eigenvalue weighted by Gasteiger charge is -2.23. The summed E-state index contributed by atoms with van der Waals surface area (Å²) in [5, 5.41) is 2.75. The largest absolute Gasteiger partial charge is 0.494 e. The van der Waals surface area contributed by atoms with Crippen LogP contribution in [-0.2, 0) is 24.3 Å². The zero-order valence-electron chi connectivity index (χ0n) is 17.7. The number of hydrogen-bond donors (Lipinski definition) is 1. The number of carbonyl (C=O) groups is 2. The van der Waals surface area contributed by atoms with Gasteiger partial charge in [-0.2, -0.15) is 4.31 Å². The summed E-state index contributed by atoms with van der Waals surface area (Å²) < 4.78 is 38.2. The Balaban J connectivity index is 1.84. The number of rotatable bonds is 7. The molecule has 2 atom stereocenters. The molecule has 0 aromatic heterocycles. The fourth-order valence-electron chi connectivity index (χ4n) is 3.46. The molecule has 2 aromatic carbocycles.